The molecule has 2 aromatic rings. The summed E-state index contributed by atoms with van der Waals surface area (Å²) in [6.07, 6.45) is 3.13. The fourth-order valence-corrected chi connectivity index (χ4v) is 2.27. The molecule has 2 nitrogen and oxygen atoms in total. The minimum absolute atomic E-state index is 0.473. The molecule has 96 valence electrons. The Bertz CT molecular complexity index is 487. The molecule has 3 heteroatoms. The molecule has 0 spiro atoms. The first-order valence-electron chi connectivity index (χ1n) is 6.23. The number of nitrogens with zero attached hydrogens (tertiary/aromatic N) is 1. The molecule has 1 aromatic heterocycles. The van der Waals surface area contributed by atoms with Crippen molar-refractivity contribution in [1.82, 2.24) is 9.88 Å². The van der Waals surface area contributed by atoms with Gasteiger partial charge in [-0.15, -0.1) is 0 Å². The lowest BCUT2D eigenvalue weighted by atomic mass is 10.1. The van der Waals surface area contributed by atoms with E-state index in [9.17, 15) is 0 Å². The van der Waals surface area contributed by atoms with E-state index in [1.54, 1.807) is 0 Å². The van der Waals surface area contributed by atoms with Gasteiger partial charge in [-0.2, -0.15) is 0 Å². The summed E-state index contributed by atoms with van der Waals surface area (Å²) in [6, 6.07) is 13.2. The molecule has 0 aliphatic rings. The van der Waals surface area contributed by atoms with Gasteiger partial charge >= 0.3 is 0 Å². The second kappa shape index (κ2) is 6.21. The fourth-order valence-electron chi connectivity index (χ4n) is 2.01. The third-order valence-corrected chi connectivity index (χ3v) is 3.67. The van der Waals surface area contributed by atoms with E-state index < -0.39 is 0 Å². The Labute approximate surface area is 117 Å². The van der Waals surface area contributed by atoms with Crippen molar-refractivity contribution in [2.75, 3.05) is 0 Å². The summed E-state index contributed by atoms with van der Waals surface area (Å²) in [5, 5.41) is 3.56. The first-order valence-corrected chi connectivity index (χ1v) is 7.02. The highest BCUT2D eigenvalue weighted by Gasteiger charge is 2.04. The highest BCUT2D eigenvalue weighted by atomic mass is 79.9. The fraction of sp³-hybridized carbons (Fsp3) is 0.333. The molecule has 0 saturated heterocycles. The number of hydrogen-bond acceptors (Lipinski definition) is 1. The van der Waals surface area contributed by atoms with Crippen LogP contribution in [0, 0.1) is 0 Å². The van der Waals surface area contributed by atoms with Crippen LogP contribution in [0.1, 0.15) is 18.2 Å². The number of rotatable bonds is 5. The summed E-state index contributed by atoms with van der Waals surface area (Å²) >= 11 is 3.46. The van der Waals surface area contributed by atoms with Crippen molar-refractivity contribution >= 4 is 15.9 Å². The summed E-state index contributed by atoms with van der Waals surface area (Å²) < 4.78 is 3.29. The molecule has 1 unspecified atom stereocenters. The number of aryl methyl sites for hydroxylation is 1. The Morgan fingerprint density at radius 3 is 2.56 bits per heavy atom. The van der Waals surface area contributed by atoms with Crippen molar-refractivity contribution in [2.24, 2.45) is 7.05 Å². The van der Waals surface area contributed by atoms with Crippen LogP contribution in [0.15, 0.2) is 47.1 Å². The minimum Gasteiger partial charge on any atom is -0.353 e. The van der Waals surface area contributed by atoms with Crippen LogP contribution < -0.4 is 5.32 Å². The first kappa shape index (κ1) is 13.4. The molecular weight excluding hydrogens is 288 g/mol. The summed E-state index contributed by atoms with van der Waals surface area (Å²) in [5.74, 6) is 0. The minimum atomic E-state index is 0.473. The van der Waals surface area contributed by atoms with E-state index in [0.29, 0.717) is 6.04 Å². The summed E-state index contributed by atoms with van der Waals surface area (Å²) in [4.78, 5) is 0. The van der Waals surface area contributed by atoms with Gasteiger partial charge in [0.25, 0.3) is 0 Å². The van der Waals surface area contributed by atoms with Crippen LogP contribution in [-0.2, 0) is 20.0 Å². The van der Waals surface area contributed by atoms with E-state index in [2.05, 4.69) is 82.4 Å². The van der Waals surface area contributed by atoms with Gasteiger partial charge in [0.15, 0.2) is 0 Å². The average molecular weight is 307 g/mol. The maximum absolute atomic E-state index is 3.56. The smallest absolute Gasteiger partial charge is 0.0361 e. The van der Waals surface area contributed by atoms with Gasteiger partial charge in [0, 0.05) is 36.0 Å². The summed E-state index contributed by atoms with van der Waals surface area (Å²) in [5.41, 5.74) is 2.68. The first-order chi connectivity index (χ1) is 8.65. The zero-order valence-corrected chi connectivity index (χ0v) is 12.4. The normalized spacial score (nSPS) is 12.6. The zero-order valence-electron chi connectivity index (χ0n) is 10.9. The molecule has 1 N–H and O–H groups in total. The van der Waals surface area contributed by atoms with Crippen molar-refractivity contribution in [3.8, 4) is 0 Å². The van der Waals surface area contributed by atoms with Crippen LogP contribution in [0.4, 0.5) is 0 Å². The molecule has 1 aromatic carbocycles. The molecule has 18 heavy (non-hydrogen) atoms. The second-order valence-corrected chi connectivity index (χ2v) is 5.64. The van der Waals surface area contributed by atoms with Gasteiger partial charge in [-0.1, -0.05) is 28.1 Å². The summed E-state index contributed by atoms with van der Waals surface area (Å²) in [6.45, 7) is 3.15. The van der Waals surface area contributed by atoms with Crippen LogP contribution in [0.5, 0.6) is 0 Å². The van der Waals surface area contributed by atoms with Gasteiger partial charge in [0.05, 0.1) is 0 Å². The monoisotopic (exact) mass is 306 g/mol. The quantitative estimate of drug-likeness (QED) is 0.894. The maximum Gasteiger partial charge on any atom is 0.0361 e. The van der Waals surface area contributed by atoms with Gasteiger partial charge < -0.3 is 9.88 Å². The highest BCUT2D eigenvalue weighted by molar-refractivity contribution is 9.10. The predicted octanol–water partition coefficient (Wildman–Crippen LogP) is 3.51. The summed E-state index contributed by atoms with van der Waals surface area (Å²) in [7, 11) is 2.08. The molecular formula is C15H19BrN2. The van der Waals surface area contributed by atoms with Crippen molar-refractivity contribution < 1.29 is 0 Å². The second-order valence-electron chi connectivity index (χ2n) is 4.72. The molecule has 0 aliphatic heterocycles. The van der Waals surface area contributed by atoms with Gasteiger partial charge in [-0.05, 0) is 43.2 Å². The standard InChI is InChI=1S/C15H19BrN2/c1-12(10-13-5-7-14(16)8-6-13)17-11-15-4-3-9-18(15)2/h3-9,12,17H,10-11H2,1-2H3. The van der Waals surface area contributed by atoms with Crippen molar-refractivity contribution in [2.45, 2.75) is 25.9 Å². The van der Waals surface area contributed by atoms with E-state index in [-0.39, 0.29) is 0 Å². The topological polar surface area (TPSA) is 17.0 Å². The van der Waals surface area contributed by atoms with Crippen LogP contribution in [0.25, 0.3) is 0 Å². The van der Waals surface area contributed by atoms with Gasteiger partial charge in [0.1, 0.15) is 0 Å². The van der Waals surface area contributed by atoms with Gasteiger partial charge in [0.2, 0.25) is 0 Å². The molecule has 0 radical (unpaired) electrons. The van der Waals surface area contributed by atoms with Crippen molar-refractivity contribution in [1.29, 1.82) is 0 Å². The molecule has 0 bridgehead atoms. The molecule has 0 fully saturated rings. The molecule has 1 atom stereocenters. The van der Waals surface area contributed by atoms with Crippen LogP contribution in [-0.4, -0.2) is 10.6 Å². The van der Waals surface area contributed by atoms with Gasteiger partial charge in [-0.25, -0.2) is 0 Å². The predicted molar refractivity (Wildman–Crippen MR) is 79.6 cm³/mol. The van der Waals surface area contributed by atoms with E-state index in [1.165, 1.54) is 11.3 Å². The largest absolute Gasteiger partial charge is 0.353 e. The number of aromatic nitrogens is 1. The van der Waals surface area contributed by atoms with Crippen molar-refractivity contribution in [3.63, 3.8) is 0 Å². The lowest BCUT2D eigenvalue weighted by Crippen LogP contribution is -2.28. The van der Waals surface area contributed by atoms with Gasteiger partial charge in [-0.3, -0.25) is 0 Å². The number of benzene rings is 1. The molecule has 0 amide bonds. The lowest BCUT2D eigenvalue weighted by molar-refractivity contribution is 0.532. The molecule has 0 aliphatic carbocycles. The highest BCUT2D eigenvalue weighted by Crippen LogP contribution is 2.12. The average Bonchev–Trinajstić information content (AvgIpc) is 2.75. The van der Waals surface area contributed by atoms with Crippen LogP contribution in [0.3, 0.4) is 0 Å². The van der Waals surface area contributed by atoms with E-state index in [1.807, 2.05) is 0 Å². The molecule has 2 rings (SSSR count). The maximum atomic E-state index is 3.56. The Kier molecular flexibility index (Phi) is 4.61. The van der Waals surface area contributed by atoms with E-state index in [4.69, 9.17) is 0 Å². The number of halogens is 1. The third-order valence-electron chi connectivity index (χ3n) is 3.14. The Morgan fingerprint density at radius 2 is 1.94 bits per heavy atom. The molecule has 1 heterocycles. The lowest BCUT2D eigenvalue weighted by Gasteiger charge is -2.14. The Morgan fingerprint density at radius 1 is 1.22 bits per heavy atom. The van der Waals surface area contributed by atoms with Crippen LogP contribution in [0.2, 0.25) is 0 Å². The Hall–Kier alpha value is -1.06. The Balaban J connectivity index is 1.83. The SMILES string of the molecule is CC(Cc1ccc(Br)cc1)NCc1cccn1C. The van der Waals surface area contributed by atoms with E-state index >= 15 is 0 Å². The van der Waals surface area contributed by atoms with Crippen LogP contribution >= 0.6 is 15.9 Å². The zero-order chi connectivity index (χ0) is 13.0. The van der Waals surface area contributed by atoms with E-state index in [0.717, 1.165) is 17.4 Å². The number of nitrogens with one attached hydrogen (secondary N) is 1. The number of hydrogen-bond donors (Lipinski definition) is 1. The third kappa shape index (κ3) is 3.72. The molecule has 0 saturated carbocycles. The van der Waals surface area contributed by atoms with Crippen molar-refractivity contribution in [3.05, 3.63) is 58.3 Å².